The number of rotatable bonds is 9. The zero-order chi connectivity index (χ0) is 24.4. The van der Waals surface area contributed by atoms with Crippen LogP contribution in [0.3, 0.4) is 0 Å². The Bertz CT molecular complexity index is 1380. The number of aromatic nitrogens is 3. The predicted octanol–water partition coefficient (Wildman–Crippen LogP) is 5.04. The van der Waals surface area contributed by atoms with Gasteiger partial charge in [-0.15, -0.1) is 0 Å². The van der Waals surface area contributed by atoms with Crippen molar-refractivity contribution in [1.29, 1.82) is 0 Å². The summed E-state index contributed by atoms with van der Waals surface area (Å²) in [5, 5.41) is 3.01. The fraction of sp³-hybridized carbons (Fsp3) is 0.370. The van der Waals surface area contributed by atoms with Crippen LogP contribution in [0.1, 0.15) is 55.5 Å². The Balaban J connectivity index is 1.50. The number of para-hydroxylation sites is 2. The lowest BCUT2D eigenvalue weighted by Gasteiger charge is -2.17. The molecule has 1 amide bonds. The zero-order valence-corrected chi connectivity index (χ0v) is 20.2. The molecule has 5 rings (SSSR count). The maximum absolute atomic E-state index is 13.4. The van der Waals surface area contributed by atoms with Gasteiger partial charge in [0, 0.05) is 13.1 Å². The van der Waals surface area contributed by atoms with E-state index in [1.54, 1.807) is 0 Å². The van der Waals surface area contributed by atoms with Crippen molar-refractivity contribution in [3.8, 4) is 11.5 Å². The second-order valence-electron chi connectivity index (χ2n) is 9.04. The first-order chi connectivity index (χ1) is 17.1. The summed E-state index contributed by atoms with van der Waals surface area (Å²) in [6.45, 7) is 5.65. The minimum Gasteiger partial charge on any atom is -0.454 e. The number of ether oxygens (including phenoxy) is 2. The molecule has 182 valence electrons. The Morgan fingerprint density at radius 2 is 1.89 bits per heavy atom. The molecule has 2 aromatic carbocycles. The fourth-order valence-corrected chi connectivity index (χ4v) is 4.62. The van der Waals surface area contributed by atoms with E-state index >= 15 is 0 Å². The number of carbonyl (C=O) groups is 1. The third-order valence-corrected chi connectivity index (χ3v) is 6.69. The molecule has 0 radical (unpaired) electrons. The Morgan fingerprint density at radius 1 is 1.11 bits per heavy atom. The van der Waals surface area contributed by atoms with Gasteiger partial charge in [0.2, 0.25) is 6.79 Å². The number of benzene rings is 2. The third kappa shape index (κ3) is 4.48. The van der Waals surface area contributed by atoms with E-state index in [0.29, 0.717) is 53.1 Å². The molecule has 0 saturated heterocycles. The molecule has 4 aromatic rings. The highest BCUT2D eigenvalue weighted by Gasteiger charge is 2.25. The zero-order valence-electron chi connectivity index (χ0n) is 20.2. The third-order valence-electron chi connectivity index (χ3n) is 6.69. The lowest BCUT2D eigenvalue weighted by atomic mass is 9.99. The normalized spacial score (nSPS) is 13.4. The summed E-state index contributed by atoms with van der Waals surface area (Å²) < 4.78 is 12.8. The van der Waals surface area contributed by atoms with Crippen molar-refractivity contribution >= 4 is 33.9 Å². The Kier molecular flexibility index (Phi) is 6.44. The van der Waals surface area contributed by atoms with E-state index in [4.69, 9.17) is 25.2 Å². The summed E-state index contributed by atoms with van der Waals surface area (Å²) in [7, 11) is 0. The summed E-state index contributed by atoms with van der Waals surface area (Å²) >= 11 is 0. The molecule has 0 spiro atoms. The number of hydrogen-bond donors (Lipinski definition) is 2. The first-order valence-corrected chi connectivity index (χ1v) is 12.3. The van der Waals surface area contributed by atoms with Crippen molar-refractivity contribution in [3.05, 3.63) is 53.6 Å². The van der Waals surface area contributed by atoms with Gasteiger partial charge < -0.3 is 25.1 Å². The highest BCUT2D eigenvalue weighted by Crippen LogP contribution is 2.33. The van der Waals surface area contributed by atoms with Crippen LogP contribution in [0.5, 0.6) is 11.5 Å². The Morgan fingerprint density at radius 3 is 2.66 bits per heavy atom. The molecule has 0 aliphatic carbocycles. The van der Waals surface area contributed by atoms with Crippen molar-refractivity contribution in [2.75, 3.05) is 12.5 Å². The van der Waals surface area contributed by atoms with Gasteiger partial charge in [-0.3, -0.25) is 4.79 Å². The molecular formula is C27H31N5O3. The lowest BCUT2D eigenvalue weighted by molar-refractivity contribution is 0.0953. The number of fused-ring (bicyclic) bond motifs is 3. The SMILES string of the molecule is CCCC[C@@H](CC)Cn1c(N)c(C(=O)NCc2ccc3c(c2)OCO3)c2nc3ccccc3nc21. The predicted molar refractivity (Wildman–Crippen MR) is 136 cm³/mol. The van der Waals surface area contributed by atoms with Gasteiger partial charge in [-0.1, -0.05) is 51.3 Å². The largest absolute Gasteiger partial charge is 0.454 e. The van der Waals surface area contributed by atoms with Crippen molar-refractivity contribution in [2.24, 2.45) is 5.92 Å². The molecule has 2 aromatic heterocycles. The van der Waals surface area contributed by atoms with Crippen LogP contribution in [0.2, 0.25) is 0 Å². The average molecular weight is 474 g/mol. The Hall–Kier alpha value is -3.81. The van der Waals surface area contributed by atoms with Gasteiger partial charge in [-0.25, -0.2) is 9.97 Å². The maximum atomic E-state index is 13.4. The Labute approximate surface area is 204 Å². The van der Waals surface area contributed by atoms with Crippen LogP contribution in [0.25, 0.3) is 22.2 Å². The smallest absolute Gasteiger partial charge is 0.257 e. The molecule has 1 atom stereocenters. The monoisotopic (exact) mass is 473 g/mol. The second kappa shape index (κ2) is 9.82. The topological polar surface area (TPSA) is 104 Å². The summed E-state index contributed by atoms with van der Waals surface area (Å²) in [6, 6.07) is 13.3. The van der Waals surface area contributed by atoms with Crippen molar-refractivity contribution in [2.45, 2.75) is 52.6 Å². The van der Waals surface area contributed by atoms with Gasteiger partial charge in [0.1, 0.15) is 16.9 Å². The number of nitrogens with zero attached hydrogens (tertiary/aromatic N) is 3. The van der Waals surface area contributed by atoms with Crippen LogP contribution >= 0.6 is 0 Å². The molecule has 0 unspecified atom stereocenters. The summed E-state index contributed by atoms with van der Waals surface area (Å²) in [5.74, 6) is 1.99. The molecule has 1 aliphatic rings. The highest BCUT2D eigenvalue weighted by atomic mass is 16.7. The lowest BCUT2D eigenvalue weighted by Crippen LogP contribution is -2.24. The van der Waals surface area contributed by atoms with E-state index in [-0.39, 0.29) is 12.7 Å². The van der Waals surface area contributed by atoms with Gasteiger partial charge >= 0.3 is 0 Å². The van der Waals surface area contributed by atoms with E-state index in [0.717, 1.165) is 42.3 Å². The minimum absolute atomic E-state index is 0.213. The number of nitrogens with two attached hydrogens (primary N) is 1. The van der Waals surface area contributed by atoms with Crippen LogP contribution in [0.4, 0.5) is 5.82 Å². The molecule has 3 N–H and O–H groups in total. The molecule has 8 nitrogen and oxygen atoms in total. The van der Waals surface area contributed by atoms with Gasteiger partial charge in [-0.2, -0.15) is 0 Å². The summed E-state index contributed by atoms with van der Waals surface area (Å²) in [4.78, 5) is 23.1. The molecule has 35 heavy (non-hydrogen) atoms. The maximum Gasteiger partial charge on any atom is 0.257 e. The van der Waals surface area contributed by atoms with E-state index in [1.165, 1.54) is 0 Å². The van der Waals surface area contributed by atoms with Crippen LogP contribution in [-0.2, 0) is 13.1 Å². The van der Waals surface area contributed by atoms with Gasteiger partial charge in [0.05, 0.1) is 11.0 Å². The van der Waals surface area contributed by atoms with E-state index in [2.05, 4.69) is 19.2 Å². The van der Waals surface area contributed by atoms with E-state index in [1.807, 2.05) is 47.0 Å². The van der Waals surface area contributed by atoms with Crippen LogP contribution in [0.15, 0.2) is 42.5 Å². The molecule has 3 heterocycles. The van der Waals surface area contributed by atoms with E-state index < -0.39 is 0 Å². The first kappa shape index (κ1) is 23.0. The van der Waals surface area contributed by atoms with Crippen LogP contribution in [-0.4, -0.2) is 27.2 Å². The molecule has 0 fully saturated rings. The second-order valence-corrected chi connectivity index (χ2v) is 9.04. The molecular weight excluding hydrogens is 442 g/mol. The molecule has 0 bridgehead atoms. The minimum atomic E-state index is -0.268. The first-order valence-electron chi connectivity index (χ1n) is 12.3. The number of anilines is 1. The number of hydrogen-bond acceptors (Lipinski definition) is 6. The highest BCUT2D eigenvalue weighted by molar-refractivity contribution is 6.10. The van der Waals surface area contributed by atoms with Gasteiger partial charge in [0.15, 0.2) is 17.1 Å². The van der Waals surface area contributed by atoms with Crippen LogP contribution in [0, 0.1) is 5.92 Å². The number of nitrogen functional groups attached to an aromatic ring is 1. The van der Waals surface area contributed by atoms with Gasteiger partial charge in [-0.05, 0) is 42.2 Å². The summed E-state index contributed by atoms with van der Waals surface area (Å²) in [6.07, 6.45) is 4.45. The van der Waals surface area contributed by atoms with Crippen molar-refractivity contribution in [1.82, 2.24) is 19.9 Å². The summed E-state index contributed by atoms with van der Waals surface area (Å²) in [5.41, 5.74) is 10.6. The van der Waals surface area contributed by atoms with Crippen LogP contribution < -0.4 is 20.5 Å². The van der Waals surface area contributed by atoms with E-state index in [9.17, 15) is 4.79 Å². The number of amides is 1. The number of nitrogens with one attached hydrogen (secondary N) is 1. The molecule has 0 saturated carbocycles. The van der Waals surface area contributed by atoms with Crippen molar-refractivity contribution < 1.29 is 14.3 Å². The molecule has 1 aliphatic heterocycles. The fourth-order valence-electron chi connectivity index (χ4n) is 4.62. The average Bonchev–Trinajstić information content (AvgIpc) is 3.45. The molecule has 8 heteroatoms. The van der Waals surface area contributed by atoms with Gasteiger partial charge in [0.25, 0.3) is 5.91 Å². The number of carbonyl (C=O) groups excluding carboxylic acids is 1. The van der Waals surface area contributed by atoms with Crippen molar-refractivity contribution in [3.63, 3.8) is 0 Å². The number of unbranched alkanes of at least 4 members (excludes halogenated alkanes) is 1. The quantitative estimate of drug-likeness (QED) is 0.353. The standard InChI is InChI=1S/C27H31N5O3/c1-3-5-8-17(4-2)15-32-25(28)23(24-26(32)31-20-10-7-6-9-19(20)30-24)27(33)29-14-18-11-12-21-22(13-18)35-16-34-21/h6-7,9-13,17H,3-5,8,14-16,28H2,1-2H3,(H,29,33)/t17-/m1/s1.